The van der Waals surface area contributed by atoms with Gasteiger partial charge in [0.05, 0.1) is 16.7 Å². The molecule has 0 amide bonds. The molecule has 0 radical (unpaired) electrons. The van der Waals surface area contributed by atoms with Gasteiger partial charge in [0.25, 0.3) is 0 Å². The van der Waals surface area contributed by atoms with Crippen LogP contribution in [0.4, 0.5) is 17.1 Å². The van der Waals surface area contributed by atoms with Crippen molar-refractivity contribution < 1.29 is 4.42 Å². The summed E-state index contributed by atoms with van der Waals surface area (Å²) in [5.41, 5.74) is 15.0. The fraction of sp³-hybridized carbons (Fsp3) is 0.103. The van der Waals surface area contributed by atoms with E-state index in [0.717, 1.165) is 44.7 Å². The Morgan fingerprint density at radius 1 is 0.459 bits per heavy atom. The number of fused-ring (bicyclic) bond motifs is 7. The van der Waals surface area contributed by atoms with Crippen molar-refractivity contribution in [3.05, 3.63) is 206 Å². The lowest BCUT2D eigenvalue weighted by Gasteiger charge is -2.29. The van der Waals surface area contributed by atoms with Crippen LogP contribution in [0.3, 0.4) is 0 Å². The molecule has 3 nitrogen and oxygen atoms in total. The summed E-state index contributed by atoms with van der Waals surface area (Å²) in [4.78, 5) is 2.45. The third kappa shape index (κ3) is 5.95. The van der Waals surface area contributed by atoms with Gasteiger partial charge in [0.15, 0.2) is 0 Å². The van der Waals surface area contributed by atoms with Gasteiger partial charge in [-0.2, -0.15) is 0 Å². The van der Waals surface area contributed by atoms with E-state index in [0.29, 0.717) is 5.92 Å². The molecule has 9 aromatic carbocycles. The van der Waals surface area contributed by atoms with Crippen LogP contribution >= 0.6 is 0 Å². The molecular formula is C58H44N2O. The average Bonchev–Trinajstić information content (AvgIpc) is 3.88. The summed E-state index contributed by atoms with van der Waals surface area (Å²) in [6, 6.07) is 73.3. The Morgan fingerprint density at radius 2 is 1.11 bits per heavy atom. The highest BCUT2D eigenvalue weighted by Gasteiger charge is 2.24. The Kier molecular flexibility index (Phi) is 8.59. The Labute approximate surface area is 355 Å². The molecule has 0 spiro atoms. The molecule has 2 heterocycles. The van der Waals surface area contributed by atoms with Crippen LogP contribution in [-0.2, 0) is 0 Å². The van der Waals surface area contributed by atoms with E-state index in [9.17, 15) is 0 Å². The number of rotatable bonds is 7. The van der Waals surface area contributed by atoms with Gasteiger partial charge in [-0.05, 0) is 107 Å². The standard InChI is InChI=1S/C58H44N2O/c1-3-16-39(17-4-1)45-25-13-18-41-19-14-27-50(57(41)45)47-22-7-10-29-53(47)59(44-36-37-56-52(38-44)49-24-9-12-31-55(49)61-56)43-34-32-40(33-35-43)46-26-15-28-51-48-23-8-11-30-54(48)60(58(46)51)42-20-5-2-6-21-42/h2,5-15,18-39H,1,3-4,16-17H2. The van der Waals surface area contributed by atoms with Gasteiger partial charge < -0.3 is 13.9 Å². The van der Waals surface area contributed by atoms with Gasteiger partial charge in [-0.1, -0.05) is 159 Å². The maximum atomic E-state index is 6.35. The Bertz CT molecular complexity index is 3400. The minimum Gasteiger partial charge on any atom is -0.456 e. The van der Waals surface area contributed by atoms with E-state index in [1.54, 1.807) is 0 Å². The molecular weight excluding hydrogens is 741 g/mol. The van der Waals surface area contributed by atoms with Crippen molar-refractivity contribution in [2.75, 3.05) is 4.90 Å². The monoisotopic (exact) mass is 784 g/mol. The molecule has 1 aliphatic rings. The van der Waals surface area contributed by atoms with Crippen LogP contribution in [0.2, 0.25) is 0 Å². The third-order valence-electron chi connectivity index (χ3n) is 13.2. The van der Waals surface area contributed by atoms with Crippen molar-refractivity contribution in [1.82, 2.24) is 4.57 Å². The molecule has 0 aliphatic heterocycles. The first-order valence-corrected chi connectivity index (χ1v) is 21.8. The molecule has 0 saturated heterocycles. The molecule has 1 aliphatic carbocycles. The van der Waals surface area contributed by atoms with Crippen LogP contribution in [-0.4, -0.2) is 4.57 Å². The first kappa shape index (κ1) is 35.6. The summed E-state index contributed by atoms with van der Waals surface area (Å²) < 4.78 is 8.78. The normalized spacial score (nSPS) is 13.5. The van der Waals surface area contributed by atoms with E-state index in [1.807, 2.05) is 6.07 Å². The Hall–Kier alpha value is -7.36. The molecule has 3 heteroatoms. The lowest BCUT2D eigenvalue weighted by molar-refractivity contribution is 0.445. The predicted octanol–water partition coefficient (Wildman–Crippen LogP) is 16.7. The second kappa shape index (κ2) is 14.7. The molecule has 0 N–H and O–H groups in total. The summed E-state index contributed by atoms with van der Waals surface area (Å²) in [7, 11) is 0. The van der Waals surface area contributed by atoms with E-state index in [2.05, 4.69) is 204 Å². The highest BCUT2D eigenvalue weighted by atomic mass is 16.3. The van der Waals surface area contributed by atoms with Crippen LogP contribution in [0, 0.1) is 0 Å². The summed E-state index contributed by atoms with van der Waals surface area (Å²) in [5, 5.41) is 7.43. The fourth-order valence-corrected chi connectivity index (χ4v) is 10.4. The maximum Gasteiger partial charge on any atom is 0.135 e. The van der Waals surface area contributed by atoms with E-state index in [-0.39, 0.29) is 0 Å². The third-order valence-corrected chi connectivity index (χ3v) is 13.2. The van der Waals surface area contributed by atoms with Crippen LogP contribution in [0.5, 0.6) is 0 Å². The average molecular weight is 785 g/mol. The van der Waals surface area contributed by atoms with Crippen LogP contribution in [0.1, 0.15) is 43.6 Å². The Morgan fingerprint density at radius 3 is 1.98 bits per heavy atom. The van der Waals surface area contributed by atoms with Gasteiger partial charge in [-0.25, -0.2) is 0 Å². The topological polar surface area (TPSA) is 21.3 Å². The number of aromatic nitrogens is 1. The molecule has 12 rings (SSSR count). The predicted molar refractivity (Wildman–Crippen MR) is 257 cm³/mol. The molecule has 61 heavy (non-hydrogen) atoms. The molecule has 0 atom stereocenters. The van der Waals surface area contributed by atoms with E-state index < -0.39 is 0 Å². The molecule has 0 bridgehead atoms. The van der Waals surface area contributed by atoms with Gasteiger partial charge in [0.1, 0.15) is 11.2 Å². The first-order chi connectivity index (χ1) is 30.3. The lowest BCUT2D eigenvalue weighted by atomic mass is 9.80. The molecule has 0 unspecified atom stereocenters. The van der Waals surface area contributed by atoms with Gasteiger partial charge in [0, 0.05) is 49.7 Å². The van der Waals surface area contributed by atoms with E-state index in [1.165, 1.54) is 92.5 Å². The smallest absolute Gasteiger partial charge is 0.135 e. The molecule has 1 saturated carbocycles. The van der Waals surface area contributed by atoms with Gasteiger partial charge in [-0.15, -0.1) is 0 Å². The van der Waals surface area contributed by atoms with Crippen molar-refractivity contribution in [2.24, 2.45) is 0 Å². The zero-order chi connectivity index (χ0) is 40.3. The summed E-state index contributed by atoms with van der Waals surface area (Å²) in [6.45, 7) is 0. The lowest BCUT2D eigenvalue weighted by Crippen LogP contribution is -2.11. The second-order valence-electron chi connectivity index (χ2n) is 16.7. The van der Waals surface area contributed by atoms with Gasteiger partial charge in [-0.3, -0.25) is 0 Å². The van der Waals surface area contributed by atoms with E-state index >= 15 is 0 Å². The molecule has 1 fully saturated rings. The zero-order valence-corrected chi connectivity index (χ0v) is 34.0. The minimum atomic E-state index is 0.580. The highest BCUT2D eigenvalue weighted by Crippen LogP contribution is 2.47. The van der Waals surface area contributed by atoms with Gasteiger partial charge in [0.2, 0.25) is 0 Å². The van der Waals surface area contributed by atoms with E-state index in [4.69, 9.17) is 4.42 Å². The number of nitrogens with zero attached hydrogens (tertiary/aromatic N) is 2. The number of furan rings is 1. The molecule has 292 valence electrons. The Balaban J connectivity index is 1.06. The number of anilines is 3. The fourth-order valence-electron chi connectivity index (χ4n) is 10.4. The number of hydrogen-bond acceptors (Lipinski definition) is 2. The van der Waals surface area contributed by atoms with Crippen molar-refractivity contribution in [3.8, 4) is 27.9 Å². The van der Waals surface area contributed by atoms with Gasteiger partial charge >= 0.3 is 0 Å². The number of hydrogen-bond donors (Lipinski definition) is 0. The summed E-state index contributed by atoms with van der Waals surface area (Å²) in [6.07, 6.45) is 6.46. The second-order valence-corrected chi connectivity index (χ2v) is 16.7. The SMILES string of the molecule is c1ccc(-n2c3ccccc3c3cccc(-c4ccc(N(c5ccc6oc7ccccc7c6c5)c5ccccc5-c5cccc6cccc(C7CCCCC7)c56)cc4)c32)cc1. The maximum absolute atomic E-state index is 6.35. The zero-order valence-electron chi connectivity index (χ0n) is 34.0. The van der Waals surface area contributed by atoms with Crippen molar-refractivity contribution in [2.45, 2.75) is 38.0 Å². The minimum absolute atomic E-state index is 0.580. The summed E-state index contributed by atoms with van der Waals surface area (Å²) in [5.74, 6) is 0.580. The van der Waals surface area contributed by atoms with Crippen LogP contribution < -0.4 is 4.90 Å². The summed E-state index contributed by atoms with van der Waals surface area (Å²) >= 11 is 0. The van der Waals surface area contributed by atoms with Crippen molar-refractivity contribution in [1.29, 1.82) is 0 Å². The largest absolute Gasteiger partial charge is 0.456 e. The van der Waals surface area contributed by atoms with Crippen molar-refractivity contribution >= 4 is 71.6 Å². The highest BCUT2D eigenvalue weighted by molar-refractivity contribution is 6.14. The molecule has 11 aromatic rings. The quantitative estimate of drug-likeness (QED) is 0.161. The van der Waals surface area contributed by atoms with Crippen LogP contribution in [0.25, 0.3) is 82.5 Å². The number of benzene rings is 9. The number of para-hydroxylation sites is 5. The molecule has 2 aromatic heterocycles. The van der Waals surface area contributed by atoms with Crippen LogP contribution in [0.15, 0.2) is 205 Å². The first-order valence-electron chi connectivity index (χ1n) is 21.8. The van der Waals surface area contributed by atoms with Crippen molar-refractivity contribution in [3.63, 3.8) is 0 Å².